The van der Waals surface area contributed by atoms with Crippen LogP contribution in [0, 0.1) is 5.92 Å². The van der Waals surface area contributed by atoms with Crippen molar-refractivity contribution in [1.29, 1.82) is 0 Å². The predicted molar refractivity (Wildman–Crippen MR) is 97.6 cm³/mol. The van der Waals surface area contributed by atoms with E-state index < -0.39 is 0 Å². The molecule has 1 saturated heterocycles. The number of likely N-dealkylation sites (tertiary alicyclic amines) is 1. The molecule has 132 valence electrons. The highest BCUT2D eigenvalue weighted by Gasteiger charge is 2.29. The van der Waals surface area contributed by atoms with E-state index in [1.54, 1.807) is 12.3 Å². The van der Waals surface area contributed by atoms with Crippen LogP contribution in [0.5, 0.6) is 0 Å². The van der Waals surface area contributed by atoms with Gasteiger partial charge in [-0.15, -0.1) is 0 Å². The van der Waals surface area contributed by atoms with Crippen LogP contribution in [-0.2, 0) is 9.59 Å². The lowest BCUT2D eigenvalue weighted by molar-refractivity contribution is -0.127. The average molecular weight is 397 g/mol. The smallest absolute Gasteiger partial charge is 0.237 e. The third kappa shape index (κ3) is 5.27. The van der Waals surface area contributed by atoms with Gasteiger partial charge in [0, 0.05) is 23.1 Å². The van der Waals surface area contributed by atoms with Crippen molar-refractivity contribution in [3.05, 3.63) is 22.8 Å². The minimum Gasteiger partial charge on any atom is -0.355 e. The number of hydrogen-bond donors (Lipinski definition) is 2. The monoisotopic (exact) mass is 396 g/mol. The van der Waals surface area contributed by atoms with E-state index >= 15 is 0 Å². The van der Waals surface area contributed by atoms with Crippen molar-refractivity contribution in [3.63, 3.8) is 0 Å². The largest absolute Gasteiger partial charge is 0.355 e. The Morgan fingerprint density at radius 2 is 2.08 bits per heavy atom. The molecule has 7 heteroatoms. The van der Waals surface area contributed by atoms with Crippen LogP contribution in [-0.4, -0.2) is 47.4 Å². The summed E-state index contributed by atoms with van der Waals surface area (Å²) in [5.41, 5.74) is 0. The third-order valence-electron chi connectivity index (χ3n) is 4.36. The maximum absolute atomic E-state index is 12.3. The molecule has 0 spiro atoms. The zero-order chi connectivity index (χ0) is 17.5. The van der Waals surface area contributed by atoms with Gasteiger partial charge in [-0.25, -0.2) is 4.98 Å². The molecule has 0 aromatic carbocycles. The summed E-state index contributed by atoms with van der Waals surface area (Å²) >= 11 is 3.32. The van der Waals surface area contributed by atoms with Crippen molar-refractivity contribution < 1.29 is 9.59 Å². The average Bonchev–Trinajstić information content (AvgIpc) is 2.61. The summed E-state index contributed by atoms with van der Waals surface area (Å²) in [6, 6.07) is 3.48. The Hall–Kier alpha value is -1.47. The summed E-state index contributed by atoms with van der Waals surface area (Å²) in [6.45, 7) is 6.19. The number of hydrogen-bond acceptors (Lipinski definition) is 4. The maximum Gasteiger partial charge on any atom is 0.237 e. The molecule has 0 aliphatic carbocycles. The van der Waals surface area contributed by atoms with Gasteiger partial charge in [0.25, 0.3) is 0 Å². The molecule has 1 unspecified atom stereocenters. The number of aromatic nitrogens is 1. The van der Waals surface area contributed by atoms with Crippen molar-refractivity contribution in [2.24, 2.45) is 5.92 Å². The molecule has 0 bridgehead atoms. The Labute approximate surface area is 151 Å². The van der Waals surface area contributed by atoms with Crippen LogP contribution in [0.3, 0.4) is 0 Å². The second-order valence-electron chi connectivity index (χ2n) is 6.13. The number of pyridine rings is 1. The van der Waals surface area contributed by atoms with E-state index in [4.69, 9.17) is 0 Å². The fourth-order valence-electron chi connectivity index (χ4n) is 2.79. The SMILES string of the molecule is CCCNC(=O)C(C)N1CCC(C(=O)Nc2ccc(Br)cn2)CC1. The predicted octanol–water partition coefficient (Wildman–Crippen LogP) is 2.41. The standard InChI is InChI=1S/C17H25BrN4O2/c1-3-8-19-16(23)12(2)22-9-6-13(7-10-22)17(24)21-15-5-4-14(18)11-20-15/h4-5,11-13H,3,6-10H2,1-2H3,(H,19,23)(H,20,21,24). The Bertz CT molecular complexity index is 556. The molecule has 0 radical (unpaired) electrons. The van der Waals surface area contributed by atoms with E-state index in [9.17, 15) is 9.59 Å². The normalized spacial score (nSPS) is 17.3. The molecule has 1 fully saturated rings. The first-order valence-electron chi connectivity index (χ1n) is 8.45. The van der Waals surface area contributed by atoms with E-state index in [2.05, 4.69) is 36.4 Å². The summed E-state index contributed by atoms with van der Waals surface area (Å²) in [6.07, 6.45) is 4.11. The van der Waals surface area contributed by atoms with Gasteiger partial charge >= 0.3 is 0 Å². The van der Waals surface area contributed by atoms with Crippen molar-refractivity contribution in [2.75, 3.05) is 25.0 Å². The van der Waals surface area contributed by atoms with E-state index in [-0.39, 0.29) is 23.8 Å². The lowest BCUT2D eigenvalue weighted by Crippen LogP contribution is -2.49. The van der Waals surface area contributed by atoms with Gasteiger partial charge in [-0.1, -0.05) is 6.92 Å². The molecular weight excluding hydrogens is 372 g/mol. The third-order valence-corrected chi connectivity index (χ3v) is 4.82. The first-order chi connectivity index (χ1) is 11.5. The zero-order valence-corrected chi connectivity index (χ0v) is 15.8. The summed E-state index contributed by atoms with van der Waals surface area (Å²) in [4.78, 5) is 30.7. The van der Waals surface area contributed by atoms with E-state index in [0.29, 0.717) is 12.4 Å². The van der Waals surface area contributed by atoms with Crippen LogP contribution < -0.4 is 10.6 Å². The van der Waals surface area contributed by atoms with E-state index in [1.165, 1.54) is 0 Å². The summed E-state index contributed by atoms with van der Waals surface area (Å²) in [5.74, 6) is 0.613. The van der Waals surface area contributed by atoms with E-state index in [0.717, 1.165) is 36.8 Å². The van der Waals surface area contributed by atoms with Gasteiger partial charge in [-0.05, 0) is 67.3 Å². The van der Waals surface area contributed by atoms with Crippen LogP contribution in [0.2, 0.25) is 0 Å². The van der Waals surface area contributed by atoms with Crippen LogP contribution in [0.4, 0.5) is 5.82 Å². The fraction of sp³-hybridized carbons (Fsp3) is 0.588. The summed E-state index contributed by atoms with van der Waals surface area (Å²) < 4.78 is 0.879. The lowest BCUT2D eigenvalue weighted by Gasteiger charge is -2.34. The minimum absolute atomic E-state index is 0.00700. The van der Waals surface area contributed by atoms with E-state index in [1.807, 2.05) is 19.9 Å². The van der Waals surface area contributed by atoms with Gasteiger partial charge in [0.1, 0.15) is 5.82 Å². The summed E-state index contributed by atoms with van der Waals surface area (Å²) in [5, 5.41) is 5.79. The number of nitrogens with one attached hydrogen (secondary N) is 2. The minimum atomic E-state index is -0.145. The molecule has 2 heterocycles. The number of carbonyl (C=O) groups excluding carboxylic acids is 2. The molecule has 2 amide bonds. The highest BCUT2D eigenvalue weighted by atomic mass is 79.9. The lowest BCUT2D eigenvalue weighted by atomic mass is 9.95. The van der Waals surface area contributed by atoms with Gasteiger partial charge in [0.2, 0.25) is 11.8 Å². The van der Waals surface area contributed by atoms with Crippen LogP contribution in [0.25, 0.3) is 0 Å². The number of anilines is 1. The first kappa shape index (κ1) is 18.9. The van der Waals surface area contributed by atoms with Crippen LogP contribution >= 0.6 is 15.9 Å². The van der Waals surface area contributed by atoms with Crippen molar-refractivity contribution in [1.82, 2.24) is 15.2 Å². The van der Waals surface area contributed by atoms with Crippen LogP contribution in [0.1, 0.15) is 33.1 Å². The molecule has 1 atom stereocenters. The maximum atomic E-state index is 12.3. The Kier molecular flexibility index (Phi) is 7.17. The number of rotatable bonds is 6. The van der Waals surface area contributed by atoms with Crippen molar-refractivity contribution in [3.8, 4) is 0 Å². The Morgan fingerprint density at radius 1 is 1.38 bits per heavy atom. The number of halogens is 1. The van der Waals surface area contributed by atoms with Gasteiger partial charge in [-0.2, -0.15) is 0 Å². The molecule has 1 aliphatic heterocycles. The highest BCUT2D eigenvalue weighted by Crippen LogP contribution is 2.21. The molecule has 0 saturated carbocycles. The molecule has 2 N–H and O–H groups in total. The second kappa shape index (κ2) is 9.13. The fourth-order valence-corrected chi connectivity index (χ4v) is 3.02. The van der Waals surface area contributed by atoms with Gasteiger partial charge in [0.15, 0.2) is 0 Å². The summed E-state index contributed by atoms with van der Waals surface area (Å²) in [7, 11) is 0. The van der Waals surface area contributed by atoms with Crippen LogP contribution in [0.15, 0.2) is 22.8 Å². The van der Waals surface area contributed by atoms with Crippen molar-refractivity contribution >= 4 is 33.6 Å². The number of amides is 2. The van der Waals surface area contributed by atoms with Gasteiger partial charge in [0.05, 0.1) is 6.04 Å². The molecule has 2 rings (SSSR count). The molecule has 24 heavy (non-hydrogen) atoms. The number of piperidine rings is 1. The first-order valence-corrected chi connectivity index (χ1v) is 9.24. The molecule has 1 aromatic rings. The van der Waals surface area contributed by atoms with Crippen molar-refractivity contribution in [2.45, 2.75) is 39.2 Å². The molecule has 1 aliphatic rings. The number of nitrogens with zero attached hydrogens (tertiary/aromatic N) is 2. The number of carbonyl (C=O) groups is 2. The Balaban J connectivity index is 1.80. The Morgan fingerprint density at radius 3 is 2.67 bits per heavy atom. The molecule has 6 nitrogen and oxygen atoms in total. The second-order valence-corrected chi connectivity index (χ2v) is 7.04. The zero-order valence-electron chi connectivity index (χ0n) is 14.2. The molecule has 1 aromatic heterocycles. The highest BCUT2D eigenvalue weighted by molar-refractivity contribution is 9.10. The van der Waals surface area contributed by atoms with Gasteiger partial charge in [-0.3, -0.25) is 14.5 Å². The van der Waals surface area contributed by atoms with Gasteiger partial charge < -0.3 is 10.6 Å². The molecular formula is C17H25BrN4O2. The quantitative estimate of drug-likeness (QED) is 0.773. The topological polar surface area (TPSA) is 74.3 Å².